The molecule has 2 fully saturated rings. The molecule has 1 atom stereocenters. The molecule has 0 N–H and O–H groups in total. The van der Waals surface area contributed by atoms with Crippen molar-refractivity contribution in [2.24, 2.45) is 5.92 Å². The van der Waals surface area contributed by atoms with Gasteiger partial charge in [-0.05, 0) is 66.8 Å². The highest BCUT2D eigenvalue weighted by atomic mass is 35.5. The number of rotatable bonds is 5. The lowest BCUT2D eigenvalue weighted by Gasteiger charge is -2.38. The summed E-state index contributed by atoms with van der Waals surface area (Å²) in [7, 11) is 0. The highest BCUT2D eigenvalue weighted by Crippen LogP contribution is 2.39. The number of carbonyl (C=O) groups is 2. The molecule has 1 aromatic carbocycles. The fourth-order valence-electron chi connectivity index (χ4n) is 4.49. The van der Waals surface area contributed by atoms with E-state index in [9.17, 15) is 9.59 Å². The fourth-order valence-corrected chi connectivity index (χ4v) is 5.52. The molecule has 2 amide bonds. The van der Waals surface area contributed by atoms with Crippen molar-refractivity contribution in [3.05, 3.63) is 56.7 Å². The maximum absolute atomic E-state index is 13.5. The van der Waals surface area contributed by atoms with Crippen LogP contribution < -0.4 is 0 Å². The van der Waals surface area contributed by atoms with Crippen LogP contribution in [0.3, 0.4) is 0 Å². The van der Waals surface area contributed by atoms with Gasteiger partial charge in [-0.3, -0.25) is 9.59 Å². The van der Waals surface area contributed by atoms with Gasteiger partial charge in [-0.25, -0.2) is 0 Å². The molecule has 3 aliphatic rings. The third-order valence-electron chi connectivity index (χ3n) is 6.50. The minimum Gasteiger partial charge on any atom is -0.330 e. The van der Waals surface area contributed by atoms with Gasteiger partial charge >= 0.3 is 0 Å². The molecule has 2 saturated carbocycles. The van der Waals surface area contributed by atoms with Crippen LogP contribution in [0.1, 0.15) is 54.1 Å². The lowest BCUT2D eigenvalue weighted by Crippen LogP contribution is -2.49. The third-order valence-corrected chi connectivity index (χ3v) is 7.75. The Bertz CT molecular complexity index is 917. The van der Waals surface area contributed by atoms with Gasteiger partial charge < -0.3 is 9.80 Å². The SMILES string of the molecule is O=C(C1CCC1)N(CC(=O)N1CCc2sccc2C1c1ccc(Cl)cc1)C1CC1. The number of hydrogen-bond acceptors (Lipinski definition) is 3. The van der Waals surface area contributed by atoms with Crippen molar-refractivity contribution in [3.63, 3.8) is 0 Å². The number of carbonyl (C=O) groups excluding carboxylic acids is 2. The van der Waals surface area contributed by atoms with Crippen LogP contribution in [0.25, 0.3) is 0 Å². The van der Waals surface area contributed by atoms with E-state index in [1.807, 2.05) is 34.1 Å². The number of nitrogens with zero attached hydrogens (tertiary/aromatic N) is 2. The Morgan fingerprint density at radius 2 is 1.86 bits per heavy atom. The molecule has 1 aromatic heterocycles. The quantitative estimate of drug-likeness (QED) is 0.694. The first-order chi connectivity index (χ1) is 14.1. The summed E-state index contributed by atoms with van der Waals surface area (Å²) in [5, 5.41) is 2.80. The van der Waals surface area contributed by atoms with Crippen LogP contribution in [0.5, 0.6) is 0 Å². The van der Waals surface area contributed by atoms with Gasteiger partial charge in [-0.1, -0.05) is 30.2 Å². The highest BCUT2D eigenvalue weighted by molar-refractivity contribution is 7.10. The Hall–Kier alpha value is -1.85. The van der Waals surface area contributed by atoms with E-state index in [0.717, 1.165) is 44.1 Å². The van der Waals surface area contributed by atoms with Crippen LogP contribution in [-0.4, -0.2) is 40.7 Å². The summed E-state index contributed by atoms with van der Waals surface area (Å²) in [4.78, 5) is 31.6. The van der Waals surface area contributed by atoms with E-state index in [-0.39, 0.29) is 36.4 Å². The van der Waals surface area contributed by atoms with Crippen molar-refractivity contribution in [2.75, 3.05) is 13.1 Å². The maximum atomic E-state index is 13.5. The Kier molecular flexibility index (Phi) is 5.12. The summed E-state index contributed by atoms with van der Waals surface area (Å²) in [5.41, 5.74) is 2.28. The largest absolute Gasteiger partial charge is 0.330 e. The summed E-state index contributed by atoms with van der Waals surface area (Å²) in [6.07, 6.45) is 6.02. The van der Waals surface area contributed by atoms with Crippen molar-refractivity contribution >= 4 is 34.8 Å². The topological polar surface area (TPSA) is 40.6 Å². The predicted octanol–water partition coefficient (Wildman–Crippen LogP) is 4.67. The molecule has 6 heteroatoms. The predicted molar refractivity (Wildman–Crippen MR) is 115 cm³/mol. The number of thiophene rings is 1. The van der Waals surface area contributed by atoms with Gasteiger partial charge in [0.2, 0.25) is 11.8 Å². The third kappa shape index (κ3) is 3.71. The van der Waals surface area contributed by atoms with E-state index in [1.54, 1.807) is 11.3 Å². The van der Waals surface area contributed by atoms with Crippen LogP contribution in [-0.2, 0) is 16.0 Å². The zero-order valence-corrected chi connectivity index (χ0v) is 17.9. The summed E-state index contributed by atoms with van der Waals surface area (Å²) in [6.45, 7) is 0.902. The van der Waals surface area contributed by atoms with Crippen LogP contribution in [0.4, 0.5) is 0 Å². The zero-order chi connectivity index (χ0) is 20.0. The Morgan fingerprint density at radius 1 is 1.10 bits per heavy atom. The Balaban J connectivity index is 1.41. The molecular formula is C23H25ClN2O2S. The number of fused-ring (bicyclic) bond motifs is 1. The minimum absolute atomic E-state index is 0.0568. The molecule has 1 aliphatic heterocycles. The molecule has 0 bridgehead atoms. The van der Waals surface area contributed by atoms with E-state index in [1.165, 1.54) is 10.4 Å². The molecular weight excluding hydrogens is 404 g/mol. The lowest BCUT2D eigenvalue weighted by molar-refractivity contribution is -0.146. The number of hydrogen-bond donors (Lipinski definition) is 0. The van der Waals surface area contributed by atoms with Crippen LogP contribution >= 0.6 is 22.9 Å². The first-order valence-corrected chi connectivity index (χ1v) is 11.8. The second kappa shape index (κ2) is 7.77. The van der Waals surface area contributed by atoms with Gasteiger partial charge in [0.05, 0.1) is 6.04 Å². The maximum Gasteiger partial charge on any atom is 0.243 e. The molecule has 29 heavy (non-hydrogen) atoms. The molecule has 0 radical (unpaired) electrons. The second-order valence-electron chi connectivity index (χ2n) is 8.42. The van der Waals surface area contributed by atoms with Crippen LogP contribution in [0.15, 0.2) is 35.7 Å². The monoisotopic (exact) mass is 428 g/mol. The summed E-state index contributed by atoms with van der Waals surface area (Å²) in [5.74, 6) is 0.394. The molecule has 0 spiro atoms. The second-order valence-corrected chi connectivity index (χ2v) is 9.85. The fraction of sp³-hybridized carbons (Fsp3) is 0.478. The van der Waals surface area contributed by atoms with Crippen LogP contribution in [0.2, 0.25) is 5.02 Å². The lowest BCUT2D eigenvalue weighted by atomic mass is 9.84. The van der Waals surface area contributed by atoms with Gasteiger partial charge in [0.25, 0.3) is 0 Å². The molecule has 2 heterocycles. The summed E-state index contributed by atoms with van der Waals surface area (Å²) in [6, 6.07) is 10.1. The van der Waals surface area contributed by atoms with Gasteiger partial charge in [0.15, 0.2) is 0 Å². The zero-order valence-electron chi connectivity index (χ0n) is 16.4. The van der Waals surface area contributed by atoms with E-state index >= 15 is 0 Å². The summed E-state index contributed by atoms with van der Waals surface area (Å²) >= 11 is 7.86. The number of benzene rings is 1. The van der Waals surface area contributed by atoms with Crippen LogP contribution in [0, 0.1) is 5.92 Å². The van der Waals surface area contributed by atoms with E-state index < -0.39 is 0 Å². The van der Waals surface area contributed by atoms with Crippen molar-refractivity contribution in [3.8, 4) is 0 Å². The van der Waals surface area contributed by atoms with Gasteiger partial charge in [-0.2, -0.15) is 0 Å². The Morgan fingerprint density at radius 3 is 2.52 bits per heavy atom. The molecule has 152 valence electrons. The minimum atomic E-state index is -0.102. The van der Waals surface area contributed by atoms with Gasteiger partial charge in [0.1, 0.15) is 6.54 Å². The van der Waals surface area contributed by atoms with Gasteiger partial charge in [0, 0.05) is 28.4 Å². The van der Waals surface area contributed by atoms with Gasteiger partial charge in [-0.15, -0.1) is 11.3 Å². The molecule has 2 aliphatic carbocycles. The standard InChI is InChI=1S/C23H25ClN2O2S/c24-17-6-4-15(5-7-17)22-19-11-13-29-20(19)10-12-25(22)21(27)14-26(18-8-9-18)23(28)16-2-1-3-16/h4-7,11,13,16,18,22H,1-3,8-10,12,14H2. The molecule has 4 nitrogen and oxygen atoms in total. The highest BCUT2D eigenvalue weighted by Gasteiger charge is 2.41. The normalized spacial score (nSPS) is 21.4. The molecule has 2 aromatic rings. The smallest absolute Gasteiger partial charge is 0.243 e. The average molecular weight is 429 g/mol. The molecule has 5 rings (SSSR count). The molecule has 0 saturated heterocycles. The van der Waals surface area contributed by atoms with Crippen molar-refractivity contribution in [1.29, 1.82) is 0 Å². The Labute approximate surface area is 180 Å². The van der Waals surface area contributed by atoms with Crippen molar-refractivity contribution < 1.29 is 9.59 Å². The summed E-state index contributed by atoms with van der Waals surface area (Å²) < 4.78 is 0. The van der Waals surface area contributed by atoms with E-state index in [2.05, 4.69) is 11.4 Å². The number of amides is 2. The van der Waals surface area contributed by atoms with E-state index in [0.29, 0.717) is 11.6 Å². The first-order valence-electron chi connectivity index (χ1n) is 10.5. The van der Waals surface area contributed by atoms with Crippen molar-refractivity contribution in [1.82, 2.24) is 9.80 Å². The van der Waals surface area contributed by atoms with Crippen molar-refractivity contribution in [2.45, 2.75) is 50.6 Å². The van der Waals surface area contributed by atoms with E-state index in [4.69, 9.17) is 11.6 Å². The molecule has 1 unspecified atom stereocenters. The first kappa shape index (κ1) is 19.1. The number of halogens is 1. The average Bonchev–Trinajstić information content (AvgIpc) is 3.40.